The maximum Gasteiger partial charge on any atom is 0.407 e. The molecule has 3 rings (SSSR count). The van der Waals surface area contributed by atoms with Crippen molar-refractivity contribution >= 4 is 23.1 Å². The number of likely N-dealkylation sites (N-methyl/N-ethyl adjacent to an activating group) is 1. The Bertz CT molecular complexity index is 653. The average Bonchev–Trinajstić information content (AvgIpc) is 2.78. The van der Waals surface area contributed by atoms with Crippen LogP contribution in [0.2, 0.25) is 0 Å². The first-order valence-corrected chi connectivity index (χ1v) is 9.80. The summed E-state index contributed by atoms with van der Waals surface area (Å²) in [4.78, 5) is 15.0. The SMILES string of the molecule is CN1c2ccccc2[C@H](N[S+]([O-])C(C)(C)C)C12CCN(C(=O)O)CC2. The van der Waals surface area contributed by atoms with E-state index in [0.717, 1.165) is 11.3 Å². The number of likely N-dealkylation sites (tertiary alicyclic amines) is 1. The van der Waals surface area contributed by atoms with Crippen LogP contribution in [-0.2, 0) is 11.4 Å². The minimum Gasteiger partial charge on any atom is -0.598 e. The quantitative estimate of drug-likeness (QED) is 0.788. The number of carbonyl (C=O) groups is 1. The number of carboxylic acid groups (broad SMARTS) is 1. The fourth-order valence-electron chi connectivity index (χ4n) is 3.93. The van der Waals surface area contributed by atoms with E-state index in [9.17, 15) is 14.5 Å². The van der Waals surface area contributed by atoms with E-state index < -0.39 is 17.5 Å². The molecule has 2 aliphatic heterocycles. The number of piperidine rings is 1. The number of nitrogens with one attached hydrogen (secondary N) is 1. The molecule has 6 nitrogen and oxygen atoms in total. The Labute approximate surface area is 152 Å². The van der Waals surface area contributed by atoms with Gasteiger partial charge in [-0.2, -0.15) is 0 Å². The molecule has 2 heterocycles. The molecule has 0 aromatic heterocycles. The van der Waals surface area contributed by atoms with Crippen molar-refractivity contribution in [2.75, 3.05) is 25.0 Å². The molecule has 0 bridgehead atoms. The molecule has 1 amide bonds. The zero-order valence-electron chi connectivity index (χ0n) is 15.3. The van der Waals surface area contributed by atoms with Crippen molar-refractivity contribution < 1.29 is 14.5 Å². The van der Waals surface area contributed by atoms with Crippen molar-refractivity contribution in [1.29, 1.82) is 0 Å². The van der Waals surface area contributed by atoms with Gasteiger partial charge in [-0.15, -0.1) is 4.72 Å². The zero-order chi connectivity index (χ0) is 18.4. The Balaban J connectivity index is 1.94. The maximum atomic E-state index is 12.8. The minimum atomic E-state index is -1.20. The van der Waals surface area contributed by atoms with E-state index in [1.54, 1.807) is 0 Å². The lowest BCUT2D eigenvalue weighted by Gasteiger charge is -2.47. The molecular formula is C18H27N3O3S. The number of fused-ring (bicyclic) bond motifs is 1. The molecule has 1 aromatic rings. The molecule has 7 heteroatoms. The molecule has 0 aliphatic carbocycles. The van der Waals surface area contributed by atoms with E-state index in [2.05, 4.69) is 28.8 Å². The lowest BCUT2D eigenvalue weighted by Crippen LogP contribution is -2.59. The van der Waals surface area contributed by atoms with Gasteiger partial charge in [0.1, 0.15) is 10.8 Å². The van der Waals surface area contributed by atoms with Crippen molar-refractivity contribution in [3.05, 3.63) is 29.8 Å². The van der Waals surface area contributed by atoms with Gasteiger partial charge in [-0.3, -0.25) is 0 Å². The van der Waals surface area contributed by atoms with Crippen LogP contribution in [0.4, 0.5) is 10.5 Å². The van der Waals surface area contributed by atoms with Gasteiger partial charge in [0.2, 0.25) is 0 Å². The van der Waals surface area contributed by atoms with Crippen LogP contribution in [0, 0.1) is 0 Å². The first kappa shape index (κ1) is 18.4. The molecule has 0 radical (unpaired) electrons. The molecule has 1 aromatic carbocycles. The van der Waals surface area contributed by atoms with Crippen LogP contribution in [0.1, 0.15) is 45.2 Å². The van der Waals surface area contributed by atoms with E-state index >= 15 is 0 Å². The van der Waals surface area contributed by atoms with Crippen molar-refractivity contribution in [3.63, 3.8) is 0 Å². The summed E-state index contributed by atoms with van der Waals surface area (Å²) < 4.78 is 15.8. The van der Waals surface area contributed by atoms with E-state index in [-0.39, 0.29) is 16.3 Å². The monoisotopic (exact) mass is 365 g/mol. The topological polar surface area (TPSA) is 78.9 Å². The van der Waals surface area contributed by atoms with E-state index in [1.807, 2.05) is 32.9 Å². The molecule has 2 aliphatic rings. The van der Waals surface area contributed by atoms with Crippen LogP contribution in [0.25, 0.3) is 0 Å². The van der Waals surface area contributed by atoms with Crippen molar-refractivity contribution in [2.24, 2.45) is 0 Å². The summed E-state index contributed by atoms with van der Waals surface area (Å²) in [5.74, 6) is 0. The van der Waals surface area contributed by atoms with Crippen LogP contribution in [0.5, 0.6) is 0 Å². The highest BCUT2D eigenvalue weighted by molar-refractivity contribution is 7.90. The van der Waals surface area contributed by atoms with Crippen LogP contribution in [-0.4, -0.2) is 51.1 Å². The van der Waals surface area contributed by atoms with Gasteiger partial charge in [0.25, 0.3) is 0 Å². The number of para-hydroxylation sites is 1. The average molecular weight is 365 g/mol. The van der Waals surface area contributed by atoms with Gasteiger partial charge in [0.15, 0.2) is 0 Å². The Morgan fingerprint density at radius 3 is 2.48 bits per heavy atom. The zero-order valence-corrected chi connectivity index (χ0v) is 16.1. The van der Waals surface area contributed by atoms with Gasteiger partial charge >= 0.3 is 6.09 Å². The van der Waals surface area contributed by atoms with Crippen LogP contribution < -0.4 is 9.62 Å². The molecule has 2 atom stereocenters. The normalized spacial score (nSPS) is 23.6. The molecule has 0 saturated carbocycles. The number of anilines is 1. The predicted octanol–water partition coefficient (Wildman–Crippen LogP) is 2.74. The summed E-state index contributed by atoms with van der Waals surface area (Å²) in [6.07, 6.45) is 0.559. The van der Waals surface area contributed by atoms with E-state index in [4.69, 9.17) is 0 Å². The minimum absolute atomic E-state index is 0.0790. The number of amides is 1. The number of nitrogens with zero attached hydrogens (tertiary/aromatic N) is 2. The molecule has 25 heavy (non-hydrogen) atoms. The van der Waals surface area contributed by atoms with E-state index in [0.29, 0.717) is 25.9 Å². The van der Waals surface area contributed by atoms with Gasteiger partial charge in [0, 0.05) is 37.2 Å². The summed E-state index contributed by atoms with van der Waals surface area (Å²) in [6, 6.07) is 8.11. The predicted molar refractivity (Wildman–Crippen MR) is 100 cm³/mol. The highest BCUT2D eigenvalue weighted by atomic mass is 32.2. The maximum absolute atomic E-state index is 12.8. The van der Waals surface area contributed by atoms with Gasteiger partial charge in [-0.1, -0.05) is 18.2 Å². The fourth-order valence-corrected chi connectivity index (χ4v) is 4.84. The number of benzene rings is 1. The summed E-state index contributed by atoms with van der Waals surface area (Å²) in [6.45, 7) is 6.86. The first-order valence-electron chi connectivity index (χ1n) is 8.65. The molecule has 138 valence electrons. The van der Waals surface area contributed by atoms with Crippen molar-refractivity contribution in [2.45, 2.75) is 49.9 Å². The lowest BCUT2D eigenvalue weighted by molar-refractivity contribution is 0.110. The van der Waals surface area contributed by atoms with Crippen LogP contribution >= 0.6 is 0 Å². The molecule has 1 fully saturated rings. The number of hydrogen-bond donors (Lipinski definition) is 2. The smallest absolute Gasteiger partial charge is 0.407 e. The summed E-state index contributed by atoms with van der Waals surface area (Å²) in [5.41, 5.74) is 2.03. The largest absolute Gasteiger partial charge is 0.598 e. The van der Waals surface area contributed by atoms with Gasteiger partial charge in [-0.05, 0) is 45.2 Å². The second-order valence-electron chi connectivity index (χ2n) is 7.92. The molecular weight excluding hydrogens is 338 g/mol. The lowest BCUT2D eigenvalue weighted by atomic mass is 9.80. The fraction of sp³-hybridized carbons (Fsp3) is 0.611. The van der Waals surface area contributed by atoms with Crippen LogP contribution in [0.3, 0.4) is 0 Å². The van der Waals surface area contributed by atoms with Crippen molar-refractivity contribution in [3.8, 4) is 0 Å². The third kappa shape index (κ3) is 3.09. The Morgan fingerprint density at radius 2 is 1.92 bits per heavy atom. The second kappa shape index (κ2) is 6.37. The summed E-state index contributed by atoms with van der Waals surface area (Å²) in [7, 11) is 2.07. The second-order valence-corrected chi connectivity index (χ2v) is 9.92. The van der Waals surface area contributed by atoms with Gasteiger partial charge < -0.3 is 19.5 Å². The Hall–Kier alpha value is -1.44. The summed E-state index contributed by atoms with van der Waals surface area (Å²) >= 11 is -1.20. The molecule has 1 unspecified atom stereocenters. The van der Waals surface area contributed by atoms with E-state index in [1.165, 1.54) is 4.90 Å². The standard InChI is InChI=1S/C18H27N3O3S/c1-17(2,3)25(24)19-15-13-7-5-6-8-14(13)20(4)18(15)9-11-21(12-10-18)16(22)23/h5-8,15,19H,9-12H2,1-4H3,(H,22,23)/t15-,25?/m0/s1. The van der Waals surface area contributed by atoms with Crippen LogP contribution in [0.15, 0.2) is 24.3 Å². The third-order valence-electron chi connectivity index (χ3n) is 5.50. The summed E-state index contributed by atoms with van der Waals surface area (Å²) in [5, 5.41) is 9.28. The number of hydrogen-bond acceptors (Lipinski definition) is 4. The van der Waals surface area contributed by atoms with Gasteiger partial charge in [-0.25, -0.2) is 4.79 Å². The Kier molecular flexibility index (Phi) is 4.68. The third-order valence-corrected chi connectivity index (χ3v) is 7.06. The molecule has 1 spiro atoms. The number of rotatable bonds is 2. The first-order chi connectivity index (χ1) is 11.7. The Morgan fingerprint density at radius 1 is 1.32 bits per heavy atom. The van der Waals surface area contributed by atoms with Gasteiger partial charge in [0.05, 0.1) is 5.54 Å². The molecule has 2 N–H and O–H groups in total. The highest BCUT2D eigenvalue weighted by Crippen LogP contribution is 2.50. The van der Waals surface area contributed by atoms with Crippen molar-refractivity contribution in [1.82, 2.24) is 9.62 Å². The highest BCUT2D eigenvalue weighted by Gasteiger charge is 2.54. The molecule has 1 saturated heterocycles.